The standard InChI is InChI=1S/C27H27NO6S/c1-17(2)24-15-28(35(31,32)22-10-12-26(18(3)13-22)34-16-27(29)30)25-11-7-20(14-23(24)25)19-5-8-21(33-4)9-6-19/h5-15,17H,16H2,1-4H3,(H,29,30). The van der Waals surface area contributed by atoms with Gasteiger partial charge in [0.2, 0.25) is 0 Å². The molecule has 0 radical (unpaired) electrons. The van der Waals surface area contributed by atoms with Crippen molar-refractivity contribution in [3.8, 4) is 22.6 Å². The smallest absolute Gasteiger partial charge is 0.341 e. The Morgan fingerprint density at radius 2 is 1.69 bits per heavy atom. The van der Waals surface area contributed by atoms with Crippen molar-refractivity contribution in [1.82, 2.24) is 3.97 Å². The predicted octanol–water partition coefficient (Wildman–Crippen LogP) is 5.45. The van der Waals surface area contributed by atoms with E-state index in [0.29, 0.717) is 16.8 Å². The van der Waals surface area contributed by atoms with E-state index >= 15 is 0 Å². The number of hydrogen-bond donors (Lipinski definition) is 1. The van der Waals surface area contributed by atoms with Gasteiger partial charge < -0.3 is 14.6 Å². The largest absolute Gasteiger partial charge is 0.497 e. The number of rotatable bonds is 8. The molecule has 0 spiro atoms. The van der Waals surface area contributed by atoms with Crippen molar-refractivity contribution in [3.05, 3.63) is 78.0 Å². The molecule has 3 aromatic carbocycles. The lowest BCUT2D eigenvalue weighted by molar-refractivity contribution is -0.139. The Kier molecular flexibility index (Phi) is 6.58. The molecule has 0 amide bonds. The molecular weight excluding hydrogens is 466 g/mol. The second kappa shape index (κ2) is 9.46. The lowest BCUT2D eigenvalue weighted by atomic mass is 9.98. The highest BCUT2D eigenvalue weighted by atomic mass is 32.2. The summed E-state index contributed by atoms with van der Waals surface area (Å²) in [4.78, 5) is 10.9. The first-order valence-corrected chi connectivity index (χ1v) is 12.6. The Morgan fingerprint density at radius 3 is 2.29 bits per heavy atom. The summed E-state index contributed by atoms with van der Waals surface area (Å²) in [6, 6.07) is 17.9. The fraction of sp³-hybridized carbons (Fsp3) is 0.222. The maximum Gasteiger partial charge on any atom is 0.341 e. The number of methoxy groups -OCH3 is 1. The second-order valence-electron chi connectivity index (χ2n) is 8.61. The molecule has 7 nitrogen and oxygen atoms in total. The summed E-state index contributed by atoms with van der Waals surface area (Å²) >= 11 is 0. The lowest BCUT2D eigenvalue weighted by Gasteiger charge is -2.12. The van der Waals surface area contributed by atoms with Crippen LogP contribution >= 0.6 is 0 Å². The summed E-state index contributed by atoms with van der Waals surface area (Å²) in [5.74, 6) is 0.101. The highest BCUT2D eigenvalue weighted by molar-refractivity contribution is 7.90. The van der Waals surface area contributed by atoms with E-state index in [1.54, 1.807) is 20.2 Å². The molecule has 0 aliphatic rings. The Bertz CT molecular complexity index is 1500. The van der Waals surface area contributed by atoms with E-state index < -0.39 is 22.6 Å². The molecule has 8 heteroatoms. The van der Waals surface area contributed by atoms with Gasteiger partial charge in [0.1, 0.15) is 11.5 Å². The Hall–Kier alpha value is -3.78. The summed E-state index contributed by atoms with van der Waals surface area (Å²) in [6.45, 7) is 5.25. The summed E-state index contributed by atoms with van der Waals surface area (Å²) in [5.41, 5.74) is 4.04. The second-order valence-corrected chi connectivity index (χ2v) is 10.4. The maximum atomic E-state index is 13.7. The van der Waals surface area contributed by atoms with E-state index in [2.05, 4.69) is 0 Å². The third-order valence-electron chi connectivity index (χ3n) is 5.90. The number of hydrogen-bond acceptors (Lipinski definition) is 5. The van der Waals surface area contributed by atoms with Crippen molar-refractivity contribution < 1.29 is 27.8 Å². The van der Waals surface area contributed by atoms with Crippen LogP contribution in [0.15, 0.2) is 71.8 Å². The molecule has 1 aromatic heterocycles. The topological polar surface area (TPSA) is 94.8 Å². The molecule has 0 fully saturated rings. The van der Waals surface area contributed by atoms with E-state index in [9.17, 15) is 13.2 Å². The monoisotopic (exact) mass is 493 g/mol. The van der Waals surface area contributed by atoms with Gasteiger partial charge in [-0.05, 0) is 77.6 Å². The summed E-state index contributed by atoms with van der Waals surface area (Å²) < 4.78 is 39.1. The van der Waals surface area contributed by atoms with Crippen LogP contribution in [-0.2, 0) is 14.8 Å². The number of carboxylic acid groups (broad SMARTS) is 1. The summed E-state index contributed by atoms with van der Waals surface area (Å²) in [7, 11) is -2.28. The van der Waals surface area contributed by atoms with Crippen LogP contribution in [0.3, 0.4) is 0 Å². The Balaban J connectivity index is 1.79. The van der Waals surface area contributed by atoms with Crippen molar-refractivity contribution in [3.63, 3.8) is 0 Å². The average molecular weight is 494 g/mol. The lowest BCUT2D eigenvalue weighted by Crippen LogP contribution is -2.13. The van der Waals surface area contributed by atoms with E-state index in [0.717, 1.165) is 27.8 Å². The highest BCUT2D eigenvalue weighted by Gasteiger charge is 2.23. The van der Waals surface area contributed by atoms with Crippen LogP contribution in [0.2, 0.25) is 0 Å². The summed E-state index contributed by atoms with van der Waals surface area (Å²) in [6.07, 6.45) is 1.69. The molecule has 0 atom stereocenters. The zero-order valence-electron chi connectivity index (χ0n) is 20.0. The van der Waals surface area contributed by atoms with E-state index in [1.165, 1.54) is 22.2 Å². The van der Waals surface area contributed by atoms with Crippen molar-refractivity contribution in [1.29, 1.82) is 0 Å². The number of carboxylic acids is 1. The van der Waals surface area contributed by atoms with Crippen LogP contribution in [0.4, 0.5) is 0 Å². The van der Waals surface area contributed by atoms with Gasteiger partial charge in [0, 0.05) is 11.6 Å². The van der Waals surface area contributed by atoms with Crippen molar-refractivity contribution in [2.45, 2.75) is 31.6 Å². The molecule has 0 unspecified atom stereocenters. The van der Waals surface area contributed by atoms with Crippen LogP contribution in [-0.4, -0.2) is 37.2 Å². The molecule has 0 bridgehead atoms. The number of aryl methyl sites for hydroxylation is 1. The number of carbonyl (C=O) groups is 1. The van der Waals surface area contributed by atoms with Gasteiger partial charge in [-0.1, -0.05) is 32.0 Å². The van der Waals surface area contributed by atoms with Gasteiger partial charge in [-0.3, -0.25) is 0 Å². The molecule has 4 aromatic rings. The molecule has 0 saturated carbocycles. The van der Waals surface area contributed by atoms with Gasteiger partial charge in [-0.2, -0.15) is 0 Å². The maximum absolute atomic E-state index is 13.7. The molecular formula is C27H27NO6S. The third-order valence-corrected chi connectivity index (χ3v) is 7.57. The van der Waals surface area contributed by atoms with Gasteiger partial charge in [0.05, 0.1) is 17.5 Å². The minimum Gasteiger partial charge on any atom is -0.497 e. The highest BCUT2D eigenvalue weighted by Crippen LogP contribution is 2.34. The minimum atomic E-state index is -3.91. The van der Waals surface area contributed by atoms with Crippen LogP contribution in [0.1, 0.15) is 30.9 Å². The molecule has 0 aliphatic carbocycles. The number of benzene rings is 3. The third kappa shape index (κ3) is 4.74. The first-order chi connectivity index (χ1) is 16.6. The van der Waals surface area contributed by atoms with Gasteiger partial charge in [-0.15, -0.1) is 0 Å². The van der Waals surface area contributed by atoms with Gasteiger partial charge in [0.15, 0.2) is 6.61 Å². The number of fused-ring (bicyclic) bond motifs is 1. The molecule has 182 valence electrons. The first-order valence-electron chi connectivity index (χ1n) is 11.1. The number of nitrogens with zero attached hydrogens (tertiary/aromatic N) is 1. The van der Waals surface area contributed by atoms with Crippen molar-refractivity contribution in [2.24, 2.45) is 0 Å². The Labute approximate surface area is 204 Å². The molecule has 0 aliphatic heterocycles. The zero-order chi connectivity index (χ0) is 25.3. The van der Waals surface area contributed by atoms with Crippen LogP contribution < -0.4 is 9.47 Å². The molecule has 1 heterocycles. The first kappa shape index (κ1) is 24.3. The quantitative estimate of drug-likeness (QED) is 0.351. The minimum absolute atomic E-state index is 0.101. The molecule has 35 heavy (non-hydrogen) atoms. The van der Waals surface area contributed by atoms with Gasteiger partial charge in [-0.25, -0.2) is 17.2 Å². The van der Waals surface area contributed by atoms with E-state index in [-0.39, 0.29) is 10.8 Å². The van der Waals surface area contributed by atoms with Gasteiger partial charge in [0.25, 0.3) is 10.0 Å². The van der Waals surface area contributed by atoms with Crippen LogP contribution in [0, 0.1) is 6.92 Å². The fourth-order valence-electron chi connectivity index (χ4n) is 4.04. The van der Waals surface area contributed by atoms with Crippen LogP contribution in [0.5, 0.6) is 11.5 Å². The fourth-order valence-corrected chi connectivity index (χ4v) is 5.51. The molecule has 0 saturated heterocycles. The van der Waals surface area contributed by atoms with E-state index in [1.807, 2.05) is 56.3 Å². The molecule has 1 N–H and O–H groups in total. The number of aliphatic carboxylic acids is 1. The Morgan fingerprint density at radius 1 is 1.00 bits per heavy atom. The average Bonchev–Trinajstić information content (AvgIpc) is 3.23. The zero-order valence-corrected chi connectivity index (χ0v) is 20.8. The summed E-state index contributed by atoms with van der Waals surface area (Å²) in [5, 5.41) is 9.70. The number of ether oxygens (including phenoxy) is 2. The normalized spacial score (nSPS) is 11.7. The predicted molar refractivity (Wildman–Crippen MR) is 135 cm³/mol. The van der Waals surface area contributed by atoms with Crippen LogP contribution in [0.25, 0.3) is 22.0 Å². The van der Waals surface area contributed by atoms with E-state index in [4.69, 9.17) is 14.6 Å². The van der Waals surface area contributed by atoms with Gasteiger partial charge >= 0.3 is 5.97 Å². The van der Waals surface area contributed by atoms with Crippen molar-refractivity contribution >= 4 is 26.9 Å². The number of aromatic nitrogens is 1. The SMILES string of the molecule is COc1ccc(-c2ccc3c(c2)c(C(C)C)cn3S(=O)(=O)c2ccc(OCC(=O)O)c(C)c2)cc1. The van der Waals surface area contributed by atoms with Crippen molar-refractivity contribution in [2.75, 3.05) is 13.7 Å². The molecule has 4 rings (SSSR count).